The van der Waals surface area contributed by atoms with Gasteiger partial charge in [-0.05, 0) is 53.2 Å². The molecular formula is C27H34BN. The number of allylic oxidation sites excluding steroid dienone is 5. The lowest BCUT2D eigenvalue weighted by atomic mass is 9.85. The lowest BCUT2D eigenvalue weighted by Crippen LogP contribution is -2.25. The summed E-state index contributed by atoms with van der Waals surface area (Å²) in [5.74, 6) is 0.702. The zero-order valence-electron chi connectivity index (χ0n) is 18.8. The van der Waals surface area contributed by atoms with Crippen LogP contribution in [0.3, 0.4) is 0 Å². The molecule has 2 aromatic rings. The predicted molar refractivity (Wildman–Crippen MR) is 131 cm³/mol. The normalized spacial score (nSPS) is 19.7. The second-order valence-electron chi connectivity index (χ2n) is 8.45. The molecule has 29 heavy (non-hydrogen) atoms. The van der Waals surface area contributed by atoms with Crippen molar-refractivity contribution >= 4 is 24.1 Å². The summed E-state index contributed by atoms with van der Waals surface area (Å²) < 4.78 is 0. The van der Waals surface area contributed by atoms with E-state index in [2.05, 4.69) is 96.1 Å². The van der Waals surface area contributed by atoms with Crippen molar-refractivity contribution in [2.75, 3.05) is 0 Å². The Morgan fingerprint density at radius 2 is 2.03 bits per heavy atom. The molecule has 0 N–H and O–H groups in total. The first-order valence-corrected chi connectivity index (χ1v) is 10.8. The van der Waals surface area contributed by atoms with E-state index in [-0.39, 0.29) is 5.92 Å². The quantitative estimate of drug-likeness (QED) is 0.453. The maximum absolute atomic E-state index is 4.50. The van der Waals surface area contributed by atoms with Gasteiger partial charge in [0.25, 0.3) is 0 Å². The van der Waals surface area contributed by atoms with Crippen molar-refractivity contribution in [3.8, 4) is 0 Å². The Kier molecular flexibility index (Phi) is 6.52. The monoisotopic (exact) mass is 383 g/mol. The van der Waals surface area contributed by atoms with Crippen molar-refractivity contribution in [1.29, 1.82) is 0 Å². The number of benzene rings is 2. The van der Waals surface area contributed by atoms with E-state index in [4.69, 9.17) is 0 Å². The largest absolute Gasteiger partial charge is 0.344 e. The van der Waals surface area contributed by atoms with Crippen molar-refractivity contribution in [3.63, 3.8) is 0 Å². The van der Waals surface area contributed by atoms with Crippen molar-refractivity contribution in [2.24, 2.45) is 5.92 Å². The van der Waals surface area contributed by atoms with Crippen LogP contribution in [0.15, 0.2) is 78.7 Å². The van der Waals surface area contributed by atoms with Gasteiger partial charge in [0.1, 0.15) is 7.85 Å². The minimum absolute atomic E-state index is 0.238. The van der Waals surface area contributed by atoms with E-state index in [9.17, 15) is 0 Å². The molecule has 1 aliphatic rings. The van der Waals surface area contributed by atoms with Gasteiger partial charge in [-0.1, -0.05) is 81.4 Å². The molecule has 2 unspecified atom stereocenters. The van der Waals surface area contributed by atoms with Gasteiger partial charge in [-0.3, -0.25) is 0 Å². The smallest absolute Gasteiger partial charge is 0.140 e. The molecule has 0 aromatic heterocycles. The molecule has 3 rings (SSSR count). The van der Waals surface area contributed by atoms with Crippen LogP contribution in [0.1, 0.15) is 57.6 Å². The van der Waals surface area contributed by atoms with E-state index in [1.165, 1.54) is 38.6 Å². The average Bonchev–Trinajstić information content (AvgIpc) is 2.88. The maximum atomic E-state index is 4.50. The first-order chi connectivity index (χ1) is 13.9. The first-order valence-electron chi connectivity index (χ1n) is 10.8. The van der Waals surface area contributed by atoms with Gasteiger partial charge in [-0.15, -0.1) is 6.58 Å². The van der Waals surface area contributed by atoms with Crippen LogP contribution in [-0.4, -0.2) is 12.7 Å². The van der Waals surface area contributed by atoms with Crippen LogP contribution in [-0.2, 0) is 6.54 Å². The molecule has 0 radical (unpaired) electrons. The van der Waals surface area contributed by atoms with E-state index in [1.54, 1.807) is 0 Å². The fourth-order valence-corrected chi connectivity index (χ4v) is 4.42. The highest BCUT2D eigenvalue weighted by molar-refractivity contribution is 6.38. The highest BCUT2D eigenvalue weighted by atomic mass is 15.2. The van der Waals surface area contributed by atoms with Gasteiger partial charge in [0.2, 0.25) is 0 Å². The first kappa shape index (κ1) is 21.2. The number of hydrogen-bond donors (Lipinski definition) is 0. The van der Waals surface area contributed by atoms with Gasteiger partial charge < -0.3 is 4.90 Å². The molecule has 150 valence electrons. The van der Waals surface area contributed by atoms with Gasteiger partial charge in [-0.2, -0.15) is 0 Å². The van der Waals surface area contributed by atoms with Gasteiger partial charge >= 0.3 is 0 Å². The van der Waals surface area contributed by atoms with Crippen LogP contribution < -0.4 is 5.46 Å². The summed E-state index contributed by atoms with van der Waals surface area (Å²) in [6.45, 7) is 18.4. The van der Waals surface area contributed by atoms with E-state index >= 15 is 0 Å². The Labute approximate surface area is 177 Å². The highest BCUT2D eigenvalue weighted by Gasteiger charge is 2.27. The molecule has 0 bridgehead atoms. The van der Waals surface area contributed by atoms with Crippen molar-refractivity contribution in [2.45, 2.75) is 53.0 Å². The molecule has 0 saturated carbocycles. The van der Waals surface area contributed by atoms with Gasteiger partial charge in [0.15, 0.2) is 0 Å². The van der Waals surface area contributed by atoms with E-state index in [0.29, 0.717) is 5.92 Å². The molecule has 2 aromatic carbocycles. The van der Waals surface area contributed by atoms with Gasteiger partial charge in [0.05, 0.1) is 0 Å². The Bertz CT molecular complexity index is 995. The third-order valence-corrected chi connectivity index (χ3v) is 6.38. The van der Waals surface area contributed by atoms with Crippen LogP contribution in [0.2, 0.25) is 0 Å². The van der Waals surface area contributed by atoms with Crippen molar-refractivity contribution in [1.82, 2.24) is 4.90 Å². The Morgan fingerprint density at radius 1 is 1.28 bits per heavy atom. The molecule has 1 heterocycles. The molecule has 0 fully saturated rings. The molecular weight excluding hydrogens is 349 g/mol. The van der Waals surface area contributed by atoms with Crippen molar-refractivity contribution in [3.05, 3.63) is 89.8 Å². The third kappa shape index (κ3) is 4.12. The zero-order valence-corrected chi connectivity index (χ0v) is 18.8. The maximum Gasteiger partial charge on any atom is 0.140 e. The van der Waals surface area contributed by atoms with Crippen LogP contribution in [0.4, 0.5) is 0 Å². The minimum atomic E-state index is 0.238. The molecule has 2 atom stereocenters. The average molecular weight is 383 g/mol. The predicted octanol–water partition coefficient (Wildman–Crippen LogP) is 5.98. The summed E-state index contributed by atoms with van der Waals surface area (Å²) in [6, 6.07) is 11.3. The minimum Gasteiger partial charge on any atom is -0.344 e. The highest BCUT2D eigenvalue weighted by Crippen LogP contribution is 2.40. The standard InChI is InChI=1S/C27H34BN/c1-7-9-11-19(4)27-16-20(5)22-14-15-24-23(12-10-13-26(24)28)25(22)17-29(27)21(6)18(3)8-2/h8-15,18,20H,2,6-7,16-17,28H2,1,3-5H3/b11-9-,27-19+. The molecule has 1 nitrogen and oxygen atoms in total. The SMILES string of the molecule is Bc1cccc2c3c(ccc12)C(C)C/C(=C(C)\C=C/CC)N(C(=C)C(C)C=C)C3. The summed E-state index contributed by atoms with van der Waals surface area (Å²) >= 11 is 0. The fraction of sp³-hybridized carbons (Fsp3) is 0.333. The zero-order chi connectivity index (χ0) is 21.1. The summed E-state index contributed by atoms with van der Waals surface area (Å²) in [6.07, 6.45) is 8.60. The molecule has 1 aliphatic heterocycles. The summed E-state index contributed by atoms with van der Waals surface area (Å²) in [4.78, 5) is 2.46. The van der Waals surface area contributed by atoms with E-state index in [0.717, 1.165) is 25.1 Å². The van der Waals surface area contributed by atoms with E-state index in [1.807, 2.05) is 6.08 Å². The Hall–Kier alpha value is -2.48. The summed E-state index contributed by atoms with van der Waals surface area (Å²) in [5, 5.41) is 2.73. The number of nitrogens with zero attached hydrogens (tertiary/aromatic N) is 1. The van der Waals surface area contributed by atoms with Crippen LogP contribution in [0.25, 0.3) is 10.8 Å². The van der Waals surface area contributed by atoms with Crippen LogP contribution in [0, 0.1) is 5.92 Å². The van der Waals surface area contributed by atoms with Gasteiger partial charge in [-0.25, -0.2) is 0 Å². The number of fused-ring (bicyclic) bond motifs is 3. The fourth-order valence-electron chi connectivity index (χ4n) is 4.42. The second kappa shape index (κ2) is 8.90. The molecule has 0 amide bonds. The molecule has 0 spiro atoms. The number of rotatable bonds is 5. The second-order valence-corrected chi connectivity index (χ2v) is 8.45. The summed E-state index contributed by atoms with van der Waals surface area (Å²) in [7, 11) is 2.20. The Morgan fingerprint density at radius 3 is 2.72 bits per heavy atom. The molecule has 2 heteroatoms. The van der Waals surface area contributed by atoms with Crippen LogP contribution >= 0.6 is 0 Å². The topological polar surface area (TPSA) is 3.24 Å². The third-order valence-electron chi connectivity index (χ3n) is 6.38. The van der Waals surface area contributed by atoms with Crippen LogP contribution in [0.5, 0.6) is 0 Å². The molecule has 0 saturated heterocycles. The lowest BCUT2D eigenvalue weighted by Gasteiger charge is -2.32. The molecule has 0 aliphatic carbocycles. The van der Waals surface area contributed by atoms with E-state index < -0.39 is 0 Å². The van der Waals surface area contributed by atoms with Crippen molar-refractivity contribution < 1.29 is 0 Å². The summed E-state index contributed by atoms with van der Waals surface area (Å²) in [5.41, 5.74) is 8.10. The number of hydrogen-bond acceptors (Lipinski definition) is 1. The lowest BCUT2D eigenvalue weighted by molar-refractivity contribution is 0.377. The Balaban J connectivity index is 2.23. The van der Waals surface area contributed by atoms with Gasteiger partial charge in [0, 0.05) is 23.9 Å².